The number of hydrogen-bond acceptors (Lipinski definition) is 2. The van der Waals surface area contributed by atoms with Crippen LogP contribution in [0.4, 0.5) is 0 Å². The van der Waals surface area contributed by atoms with Crippen molar-refractivity contribution in [3.05, 3.63) is 18.6 Å². The zero-order valence-corrected chi connectivity index (χ0v) is 8.79. The molecule has 0 heterocycles. The second-order valence-corrected chi connectivity index (χ2v) is 3.33. The summed E-state index contributed by atoms with van der Waals surface area (Å²) >= 11 is 0. The maximum absolute atomic E-state index is 8.51. The number of nitriles is 2. The molecule has 0 fully saturated rings. The van der Waals surface area contributed by atoms with Crippen LogP contribution in [-0.2, 0) is 0 Å². The molecule has 1 radical (unpaired) electrons. The highest BCUT2D eigenvalue weighted by Gasteiger charge is 2.09. The molecule has 0 rings (SSSR count). The van der Waals surface area contributed by atoms with Crippen molar-refractivity contribution in [3.8, 4) is 12.1 Å². The summed E-state index contributed by atoms with van der Waals surface area (Å²) in [7, 11) is 0. The van der Waals surface area contributed by atoms with E-state index in [-0.39, 0.29) is 0 Å². The number of hydrogen-bond donors (Lipinski definition) is 0. The van der Waals surface area contributed by atoms with Gasteiger partial charge in [0.25, 0.3) is 0 Å². The van der Waals surface area contributed by atoms with Crippen molar-refractivity contribution in [1.82, 2.24) is 0 Å². The summed E-state index contributed by atoms with van der Waals surface area (Å²) in [4.78, 5) is 0. The van der Waals surface area contributed by atoms with Crippen LogP contribution in [0.1, 0.15) is 39.0 Å². The Bertz CT molecular complexity index is 234. The predicted octanol–water partition coefficient (Wildman–Crippen LogP) is 3.38. The molecule has 0 saturated heterocycles. The minimum Gasteiger partial charge on any atom is -0.198 e. The largest absolute Gasteiger partial charge is 0.198 e. The fourth-order valence-electron chi connectivity index (χ4n) is 1.47. The van der Waals surface area contributed by atoms with Crippen molar-refractivity contribution in [2.75, 3.05) is 0 Å². The minimum atomic E-state index is 0.385. The van der Waals surface area contributed by atoms with Crippen LogP contribution in [-0.4, -0.2) is 0 Å². The Morgan fingerprint density at radius 3 is 2.14 bits per heavy atom. The molecule has 0 unspecified atom stereocenters. The van der Waals surface area contributed by atoms with Gasteiger partial charge in [-0.1, -0.05) is 11.6 Å². The van der Waals surface area contributed by atoms with E-state index in [1.165, 1.54) is 5.57 Å². The number of allylic oxidation sites excluding steroid dienone is 2. The zero-order valence-electron chi connectivity index (χ0n) is 8.79. The van der Waals surface area contributed by atoms with E-state index in [9.17, 15) is 0 Å². The predicted molar refractivity (Wildman–Crippen MR) is 56.9 cm³/mol. The van der Waals surface area contributed by atoms with Gasteiger partial charge in [0, 0.05) is 12.8 Å². The topological polar surface area (TPSA) is 47.6 Å². The molecule has 0 bridgehead atoms. The van der Waals surface area contributed by atoms with Gasteiger partial charge in [-0.3, -0.25) is 0 Å². The molecular weight excluding hydrogens is 172 g/mol. The van der Waals surface area contributed by atoms with E-state index >= 15 is 0 Å². The van der Waals surface area contributed by atoms with Crippen LogP contribution in [0.25, 0.3) is 0 Å². The number of nitrogens with zero attached hydrogens (tertiary/aromatic N) is 2. The van der Waals surface area contributed by atoms with Crippen LogP contribution >= 0.6 is 0 Å². The Morgan fingerprint density at radius 1 is 1.29 bits per heavy atom. The molecule has 0 amide bonds. The Hall–Kier alpha value is -1.28. The molecule has 75 valence electrons. The zero-order chi connectivity index (χ0) is 10.8. The van der Waals surface area contributed by atoms with Gasteiger partial charge >= 0.3 is 0 Å². The lowest BCUT2D eigenvalue weighted by Gasteiger charge is -2.14. The van der Waals surface area contributed by atoms with E-state index in [1.807, 2.05) is 0 Å². The highest BCUT2D eigenvalue weighted by Crippen LogP contribution is 2.22. The highest BCUT2D eigenvalue weighted by molar-refractivity contribution is 5.05. The lowest BCUT2D eigenvalue weighted by molar-refractivity contribution is 0.530. The Labute approximate surface area is 86.8 Å². The summed E-state index contributed by atoms with van der Waals surface area (Å²) in [5, 5.41) is 17.0. The smallest absolute Gasteiger partial charge is 0.0621 e. The molecule has 0 aromatic heterocycles. The van der Waals surface area contributed by atoms with E-state index in [0.717, 1.165) is 19.3 Å². The van der Waals surface area contributed by atoms with Gasteiger partial charge in [0.15, 0.2) is 0 Å². The first-order valence-electron chi connectivity index (χ1n) is 4.96. The van der Waals surface area contributed by atoms with Crippen LogP contribution in [0.2, 0.25) is 0 Å². The van der Waals surface area contributed by atoms with Crippen LogP contribution in [0.5, 0.6) is 0 Å². The maximum Gasteiger partial charge on any atom is 0.0621 e. The van der Waals surface area contributed by atoms with Crippen molar-refractivity contribution >= 4 is 0 Å². The molecule has 0 aromatic carbocycles. The first kappa shape index (κ1) is 12.7. The molecule has 0 spiro atoms. The summed E-state index contributed by atoms with van der Waals surface area (Å²) in [5.41, 5.74) is 1.27. The van der Waals surface area contributed by atoms with Gasteiger partial charge < -0.3 is 0 Å². The van der Waals surface area contributed by atoms with E-state index in [2.05, 4.69) is 32.1 Å². The molecule has 14 heavy (non-hydrogen) atoms. The Morgan fingerprint density at radius 2 is 1.79 bits per heavy atom. The normalized spacial score (nSPS) is 11.1. The third-order valence-corrected chi connectivity index (χ3v) is 2.32. The summed E-state index contributed by atoms with van der Waals surface area (Å²) in [6.45, 7) is 5.82. The molecule has 0 N–H and O–H groups in total. The second-order valence-electron chi connectivity index (χ2n) is 3.33. The Kier molecular flexibility index (Phi) is 7.56. The molecule has 0 aliphatic heterocycles. The molecule has 2 heteroatoms. The lowest BCUT2D eigenvalue weighted by atomic mass is 9.90. The molecule has 0 aliphatic carbocycles. The van der Waals surface area contributed by atoms with Crippen LogP contribution in [0.15, 0.2) is 11.6 Å². The van der Waals surface area contributed by atoms with Crippen LogP contribution in [0, 0.1) is 35.5 Å². The first-order valence-corrected chi connectivity index (χ1v) is 4.96. The van der Waals surface area contributed by atoms with Gasteiger partial charge in [-0.25, -0.2) is 0 Å². The first-order chi connectivity index (χ1) is 6.76. The van der Waals surface area contributed by atoms with Crippen molar-refractivity contribution in [3.63, 3.8) is 0 Å². The van der Waals surface area contributed by atoms with E-state index in [0.29, 0.717) is 18.8 Å². The van der Waals surface area contributed by atoms with Crippen molar-refractivity contribution < 1.29 is 0 Å². The standard InChI is InChI=1S/C12H17N2/c1-3-6-11(2)12(7-4-9-13)8-5-10-14/h6,12H,1,3-5,7-8H2,2H3. The van der Waals surface area contributed by atoms with Gasteiger partial charge in [-0.15, -0.1) is 0 Å². The van der Waals surface area contributed by atoms with Gasteiger partial charge in [-0.05, 0) is 39.0 Å². The SMILES string of the molecule is [CH2]CC=C(C)C(CCC#N)CCC#N. The third-order valence-electron chi connectivity index (χ3n) is 2.32. The maximum atomic E-state index is 8.51. The van der Waals surface area contributed by atoms with Gasteiger partial charge in [0.05, 0.1) is 12.1 Å². The minimum absolute atomic E-state index is 0.385. The molecular formula is C12H17N2. The Balaban J connectivity index is 4.17. The van der Waals surface area contributed by atoms with Crippen LogP contribution < -0.4 is 0 Å². The monoisotopic (exact) mass is 189 g/mol. The summed E-state index contributed by atoms with van der Waals surface area (Å²) < 4.78 is 0. The summed E-state index contributed by atoms with van der Waals surface area (Å²) in [5.74, 6) is 0.385. The van der Waals surface area contributed by atoms with Crippen molar-refractivity contribution in [2.45, 2.75) is 39.0 Å². The van der Waals surface area contributed by atoms with E-state index < -0.39 is 0 Å². The molecule has 2 nitrogen and oxygen atoms in total. The van der Waals surface area contributed by atoms with Gasteiger partial charge in [0.1, 0.15) is 0 Å². The lowest BCUT2D eigenvalue weighted by Crippen LogP contribution is -2.01. The second kappa shape index (κ2) is 8.32. The van der Waals surface area contributed by atoms with Crippen LogP contribution in [0.3, 0.4) is 0 Å². The van der Waals surface area contributed by atoms with Crippen molar-refractivity contribution in [2.24, 2.45) is 5.92 Å². The summed E-state index contributed by atoms with van der Waals surface area (Å²) in [6.07, 6.45) is 5.72. The average molecular weight is 189 g/mol. The molecule has 0 saturated carbocycles. The molecule has 0 aromatic rings. The van der Waals surface area contributed by atoms with E-state index in [4.69, 9.17) is 10.5 Å². The summed E-state index contributed by atoms with van der Waals surface area (Å²) in [6, 6.07) is 4.29. The highest BCUT2D eigenvalue weighted by atomic mass is 14.3. The van der Waals surface area contributed by atoms with Gasteiger partial charge in [-0.2, -0.15) is 10.5 Å². The van der Waals surface area contributed by atoms with Gasteiger partial charge in [0.2, 0.25) is 0 Å². The van der Waals surface area contributed by atoms with Crippen molar-refractivity contribution in [1.29, 1.82) is 10.5 Å². The third kappa shape index (κ3) is 5.38. The average Bonchev–Trinajstić information content (AvgIpc) is 2.18. The number of rotatable bonds is 6. The fourth-order valence-corrected chi connectivity index (χ4v) is 1.47. The molecule has 0 aliphatic rings. The molecule has 0 atom stereocenters. The van der Waals surface area contributed by atoms with E-state index in [1.54, 1.807) is 0 Å². The quantitative estimate of drug-likeness (QED) is 0.601. The fraction of sp³-hybridized carbons (Fsp3) is 0.583.